The summed E-state index contributed by atoms with van der Waals surface area (Å²) in [5.74, 6) is -1.71. The molecule has 36 heavy (non-hydrogen) atoms. The zero-order valence-corrected chi connectivity index (χ0v) is 22.0. The highest BCUT2D eigenvalue weighted by Gasteiger charge is 2.43. The molecule has 1 saturated carbocycles. The number of ether oxygens (including phenoxy) is 1. The number of likely N-dealkylation sites (N-methyl/N-ethyl adjacent to an activating group) is 1. The van der Waals surface area contributed by atoms with E-state index in [0.717, 1.165) is 18.9 Å². The highest BCUT2D eigenvalue weighted by atomic mass is 19.2. The van der Waals surface area contributed by atoms with Crippen LogP contribution in [-0.2, 0) is 10.3 Å². The van der Waals surface area contributed by atoms with E-state index in [-0.39, 0.29) is 24.1 Å². The van der Waals surface area contributed by atoms with Crippen LogP contribution in [0.3, 0.4) is 0 Å². The molecule has 2 aliphatic rings. The largest absolute Gasteiger partial charge is 0.385 e. The fourth-order valence-corrected chi connectivity index (χ4v) is 6.05. The highest BCUT2D eigenvalue weighted by molar-refractivity contribution is 5.74. The van der Waals surface area contributed by atoms with Crippen molar-refractivity contribution in [3.63, 3.8) is 0 Å². The molecule has 3 rings (SSSR count). The van der Waals surface area contributed by atoms with Crippen LogP contribution in [-0.4, -0.2) is 62.0 Å². The zero-order valence-electron chi connectivity index (χ0n) is 22.0. The number of carbonyl (C=O) groups is 1. The first-order valence-electron chi connectivity index (χ1n) is 13.8. The molecule has 1 aliphatic carbocycles. The molecular weight excluding hydrogens is 464 g/mol. The fraction of sp³-hybridized carbons (Fsp3) is 0.750. The van der Waals surface area contributed by atoms with Crippen molar-refractivity contribution in [2.75, 3.05) is 39.9 Å². The third-order valence-electron chi connectivity index (χ3n) is 7.97. The number of urea groups is 1. The summed E-state index contributed by atoms with van der Waals surface area (Å²) in [5.41, 5.74) is -1.58. The lowest BCUT2D eigenvalue weighted by Crippen LogP contribution is -2.54. The number of halogens is 2. The number of unbranched alkanes of at least 4 members (excludes halogenated alkanes) is 1. The maximum absolute atomic E-state index is 14.9. The van der Waals surface area contributed by atoms with Crippen LogP contribution < -0.4 is 10.6 Å². The van der Waals surface area contributed by atoms with E-state index in [0.29, 0.717) is 58.0 Å². The second kappa shape index (κ2) is 14.2. The molecule has 2 fully saturated rings. The Hall–Kier alpha value is -1.77. The lowest BCUT2D eigenvalue weighted by atomic mass is 9.74. The minimum atomic E-state index is -1.56. The quantitative estimate of drug-likeness (QED) is 0.329. The molecule has 1 saturated heterocycles. The molecule has 204 valence electrons. The van der Waals surface area contributed by atoms with E-state index in [1.165, 1.54) is 37.8 Å². The van der Waals surface area contributed by atoms with Gasteiger partial charge in [-0.25, -0.2) is 13.6 Å². The van der Waals surface area contributed by atoms with Crippen molar-refractivity contribution in [3.05, 3.63) is 35.4 Å². The molecule has 3 atom stereocenters. The van der Waals surface area contributed by atoms with Crippen LogP contribution in [0, 0.1) is 23.5 Å². The third-order valence-corrected chi connectivity index (χ3v) is 7.97. The molecule has 1 aliphatic heterocycles. The average Bonchev–Trinajstić information content (AvgIpc) is 3.38. The molecule has 6 nitrogen and oxygen atoms in total. The van der Waals surface area contributed by atoms with Crippen LogP contribution in [0.4, 0.5) is 13.6 Å². The Bertz CT molecular complexity index is 821. The van der Waals surface area contributed by atoms with Crippen molar-refractivity contribution in [2.45, 2.75) is 82.8 Å². The van der Waals surface area contributed by atoms with E-state index in [9.17, 15) is 18.7 Å². The van der Waals surface area contributed by atoms with Crippen LogP contribution in [0.2, 0.25) is 0 Å². The predicted molar refractivity (Wildman–Crippen MR) is 138 cm³/mol. The fourth-order valence-electron chi connectivity index (χ4n) is 6.05. The molecule has 1 aromatic carbocycles. The van der Waals surface area contributed by atoms with Gasteiger partial charge in [0.2, 0.25) is 0 Å². The van der Waals surface area contributed by atoms with Gasteiger partial charge in [0.15, 0.2) is 11.6 Å². The Balaban J connectivity index is 1.72. The SMILES string of the molecule is CCOCCCC[C@@](O)(c1cccc(F)c1F)[C@@H]1CCCN(C(=O)NC(CNC)CC2CCCC2)C1. The van der Waals surface area contributed by atoms with Gasteiger partial charge in [0.1, 0.15) is 0 Å². The Morgan fingerprint density at radius 2 is 2.00 bits per heavy atom. The van der Waals surface area contributed by atoms with E-state index >= 15 is 0 Å². The number of rotatable bonds is 13. The first-order chi connectivity index (χ1) is 17.4. The lowest BCUT2D eigenvalue weighted by molar-refractivity contribution is -0.0593. The van der Waals surface area contributed by atoms with Crippen LogP contribution in [0.25, 0.3) is 0 Å². The topological polar surface area (TPSA) is 73.8 Å². The number of nitrogens with one attached hydrogen (secondary N) is 2. The molecule has 8 heteroatoms. The van der Waals surface area contributed by atoms with E-state index < -0.39 is 23.2 Å². The van der Waals surface area contributed by atoms with Crippen molar-refractivity contribution in [1.29, 1.82) is 0 Å². The minimum Gasteiger partial charge on any atom is -0.385 e. The maximum atomic E-state index is 14.9. The normalized spacial score (nSPS) is 21.4. The van der Waals surface area contributed by atoms with Gasteiger partial charge in [-0.1, -0.05) is 37.8 Å². The van der Waals surface area contributed by atoms with Gasteiger partial charge in [-0.05, 0) is 64.5 Å². The molecule has 3 N–H and O–H groups in total. The first kappa shape index (κ1) is 28.8. The number of hydrogen-bond acceptors (Lipinski definition) is 4. The summed E-state index contributed by atoms with van der Waals surface area (Å²) in [7, 11) is 1.89. The number of piperidine rings is 1. The van der Waals surface area contributed by atoms with Crippen LogP contribution >= 0.6 is 0 Å². The van der Waals surface area contributed by atoms with Crippen molar-refractivity contribution in [2.24, 2.45) is 11.8 Å². The van der Waals surface area contributed by atoms with Crippen molar-refractivity contribution in [3.8, 4) is 0 Å². The van der Waals surface area contributed by atoms with Crippen molar-refractivity contribution in [1.82, 2.24) is 15.5 Å². The minimum absolute atomic E-state index is 0.0135. The summed E-state index contributed by atoms with van der Waals surface area (Å²) in [6, 6.07) is 3.89. The number of carbonyl (C=O) groups excluding carboxylic acids is 1. The molecule has 1 aromatic rings. The molecule has 1 unspecified atom stereocenters. The van der Waals surface area contributed by atoms with Gasteiger partial charge in [-0.2, -0.15) is 0 Å². The predicted octanol–water partition coefficient (Wildman–Crippen LogP) is 4.95. The van der Waals surface area contributed by atoms with E-state index in [2.05, 4.69) is 10.6 Å². The van der Waals surface area contributed by atoms with Crippen LogP contribution in [0.1, 0.15) is 76.7 Å². The lowest BCUT2D eigenvalue weighted by Gasteiger charge is -2.43. The Morgan fingerprint density at radius 3 is 2.72 bits per heavy atom. The number of likely N-dealkylation sites (tertiary alicyclic amines) is 1. The smallest absolute Gasteiger partial charge is 0.317 e. The maximum Gasteiger partial charge on any atom is 0.317 e. The molecule has 2 amide bonds. The summed E-state index contributed by atoms with van der Waals surface area (Å²) >= 11 is 0. The molecule has 0 aromatic heterocycles. The second-order valence-corrected chi connectivity index (χ2v) is 10.6. The van der Waals surface area contributed by atoms with E-state index in [4.69, 9.17) is 4.74 Å². The summed E-state index contributed by atoms with van der Waals surface area (Å²) in [6.45, 7) is 4.70. The number of hydrogen-bond donors (Lipinski definition) is 3. The van der Waals surface area contributed by atoms with Crippen LogP contribution in [0.15, 0.2) is 18.2 Å². The Kier molecular flexibility index (Phi) is 11.4. The number of nitrogens with zero attached hydrogens (tertiary/aromatic N) is 1. The summed E-state index contributed by atoms with van der Waals surface area (Å²) < 4.78 is 34.5. The Labute approximate surface area is 215 Å². The summed E-state index contributed by atoms with van der Waals surface area (Å²) in [6.07, 6.45) is 8.88. The Morgan fingerprint density at radius 1 is 1.22 bits per heavy atom. The number of aliphatic hydroxyl groups is 1. The second-order valence-electron chi connectivity index (χ2n) is 10.6. The number of amides is 2. The van der Waals surface area contributed by atoms with E-state index in [1.54, 1.807) is 4.90 Å². The van der Waals surface area contributed by atoms with E-state index in [1.807, 2.05) is 14.0 Å². The standard InChI is InChI=1S/C28H45F2N3O3/c1-3-36-17-7-6-15-28(35,24-13-8-14-25(29)26(24)30)22-12-9-16-33(20-22)27(34)32-23(19-31-2)18-21-10-4-5-11-21/h8,13-14,21-23,31,35H,3-7,9-12,15-20H2,1-2H3,(H,32,34)/t22-,23?,28+/m1/s1. The van der Waals surface area contributed by atoms with Gasteiger partial charge in [0.05, 0.1) is 5.60 Å². The third kappa shape index (κ3) is 7.62. The molecule has 0 spiro atoms. The molecule has 0 radical (unpaired) electrons. The van der Waals surface area contributed by atoms with Gasteiger partial charge < -0.3 is 25.4 Å². The van der Waals surface area contributed by atoms with Crippen LogP contribution in [0.5, 0.6) is 0 Å². The van der Waals surface area contributed by atoms with Gasteiger partial charge in [-0.15, -0.1) is 0 Å². The van der Waals surface area contributed by atoms with Gasteiger partial charge in [0.25, 0.3) is 0 Å². The van der Waals surface area contributed by atoms with Gasteiger partial charge in [0, 0.05) is 50.4 Å². The molecular formula is C28H45F2N3O3. The van der Waals surface area contributed by atoms with Crippen molar-refractivity contribution < 1.29 is 23.4 Å². The monoisotopic (exact) mass is 509 g/mol. The number of benzene rings is 1. The average molecular weight is 510 g/mol. The van der Waals surface area contributed by atoms with Crippen molar-refractivity contribution >= 4 is 6.03 Å². The summed E-state index contributed by atoms with van der Waals surface area (Å²) in [5, 5.41) is 18.3. The van der Waals surface area contributed by atoms with Gasteiger partial charge in [-0.3, -0.25) is 0 Å². The van der Waals surface area contributed by atoms with Gasteiger partial charge >= 0.3 is 6.03 Å². The first-order valence-corrected chi connectivity index (χ1v) is 13.8. The zero-order chi connectivity index (χ0) is 26.0. The summed E-state index contributed by atoms with van der Waals surface area (Å²) in [4.78, 5) is 15.0. The molecule has 1 heterocycles. The molecule has 0 bridgehead atoms. The highest BCUT2D eigenvalue weighted by Crippen LogP contribution is 2.41.